The Kier molecular flexibility index (Phi) is 4.63. The van der Waals surface area contributed by atoms with Gasteiger partial charge in [0.1, 0.15) is 10.8 Å². The second-order valence-electron chi connectivity index (χ2n) is 7.28. The summed E-state index contributed by atoms with van der Waals surface area (Å²) in [6, 6.07) is 3.92. The average molecular weight is 348 g/mol. The van der Waals surface area contributed by atoms with Gasteiger partial charge in [-0.3, -0.25) is 4.98 Å². The zero-order chi connectivity index (χ0) is 17.3. The molecule has 1 aliphatic carbocycles. The number of amides is 1. The Morgan fingerprint density at radius 3 is 2.88 bits per heavy atom. The highest BCUT2D eigenvalue weighted by Gasteiger charge is 2.30. The van der Waals surface area contributed by atoms with Crippen LogP contribution >= 0.6 is 11.6 Å². The molecule has 1 fully saturated rings. The number of carbonyl (C=O) groups is 1. The lowest BCUT2D eigenvalue weighted by Crippen LogP contribution is -2.37. The molecule has 6 heteroatoms. The molecule has 2 atom stereocenters. The first-order valence-electron chi connectivity index (χ1n) is 8.21. The number of fused-ring (bicyclic) bond motifs is 1. The molecular weight excluding hydrogens is 326 g/mol. The van der Waals surface area contributed by atoms with E-state index in [1.54, 1.807) is 6.20 Å². The Bertz CT molecular complexity index is 758. The maximum absolute atomic E-state index is 11.9. The number of carbonyl (C=O) groups excluding carboxylic acids is 1. The molecule has 0 bridgehead atoms. The molecule has 0 aromatic carbocycles. The fourth-order valence-electron chi connectivity index (χ4n) is 3.22. The lowest BCUT2D eigenvalue weighted by atomic mass is 9.98. The second kappa shape index (κ2) is 6.55. The highest BCUT2D eigenvalue weighted by Crippen LogP contribution is 2.37. The maximum atomic E-state index is 11.9. The van der Waals surface area contributed by atoms with Crippen molar-refractivity contribution in [1.82, 2.24) is 15.3 Å². The topological polar surface area (TPSA) is 64.1 Å². The number of hydrogen-bond donors (Lipinski definition) is 1. The average Bonchev–Trinajstić information content (AvgIpc) is 2.92. The number of alkyl carbamates (subject to hydrolysis) is 1. The highest BCUT2D eigenvalue weighted by molar-refractivity contribution is 6.30. The fraction of sp³-hybridized carbons (Fsp3) is 0.500. The van der Waals surface area contributed by atoms with Crippen LogP contribution in [0.2, 0.25) is 5.15 Å². The summed E-state index contributed by atoms with van der Waals surface area (Å²) in [5.74, 6) is 0.298. The van der Waals surface area contributed by atoms with E-state index in [-0.39, 0.29) is 12.1 Å². The standard InChI is InChI=1S/C18H22ClN3O2/c1-18(2,3)24-17(23)22-13-5-4-11(8-13)16-14-9-15(19)21-10-12(14)6-7-20-16/h6-7,9-11,13H,4-5,8H2,1-3H3,(H,22,23)/t11-,13-/m1/s1. The van der Waals surface area contributed by atoms with Crippen molar-refractivity contribution in [3.05, 3.63) is 35.4 Å². The summed E-state index contributed by atoms with van der Waals surface area (Å²) in [4.78, 5) is 20.6. The van der Waals surface area contributed by atoms with Crippen molar-refractivity contribution in [2.45, 2.75) is 57.6 Å². The predicted octanol–water partition coefficient (Wildman–Crippen LogP) is 4.44. The van der Waals surface area contributed by atoms with Crippen molar-refractivity contribution >= 4 is 28.5 Å². The monoisotopic (exact) mass is 347 g/mol. The molecule has 2 aromatic rings. The smallest absolute Gasteiger partial charge is 0.407 e. The van der Waals surface area contributed by atoms with Gasteiger partial charge in [-0.05, 0) is 52.2 Å². The number of nitrogens with zero attached hydrogens (tertiary/aromatic N) is 2. The minimum Gasteiger partial charge on any atom is -0.444 e. The molecule has 0 saturated heterocycles. The van der Waals surface area contributed by atoms with Gasteiger partial charge in [0.05, 0.1) is 5.69 Å². The van der Waals surface area contributed by atoms with Gasteiger partial charge in [0.2, 0.25) is 0 Å². The van der Waals surface area contributed by atoms with E-state index in [0.29, 0.717) is 11.1 Å². The quantitative estimate of drug-likeness (QED) is 0.815. The third-order valence-corrected chi connectivity index (χ3v) is 4.39. The second-order valence-corrected chi connectivity index (χ2v) is 7.66. The molecule has 1 saturated carbocycles. The largest absolute Gasteiger partial charge is 0.444 e. The lowest BCUT2D eigenvalue weighted by Gasteiger charge is -2.21. The molecule has 2 heterocycles. The number of nitrogens with one attached hydrogen (secondary N) is 1. The van der Waals surface area contributed by atoms with Gasteiger partial charge in [0.15, 0.2) is 0 Å². The Morgan fingerprint density at radius 2 is 2.12 bits per heavy atom. The van der Waals surface area contributed by atoms with Crippen molar-refractivity contribution in [2.24, 2.45) is 0 Å². The third-order valence-electron chi connectivity index (χ3n) is 4.19. The van der Waals surface area contributed by atoms with Crippen LogP contribution in [0.4, 0.5) is 4.79 Å². The molecule has 1 amide bonds. The first-order valence-corrected chi connectivity index (χ1v) is 8.59. The first-order chi connectivity index (χ1) is 11.3. The van der Waals surface area contributed by atoms with Crippen LogP contribution in [0.1, 0.15) is 51.6 Å². The van der Waals surface area contributed by atoms with E-state index in [1.807, 2.05) is 39.1 Å². The van der Waals surface area contributed by atoms with Crippen LogP contribution in [0, 0.1) is 0 Å². The number of rotatable bonds is 2. The molecular formula is C18H22ClN3O2. The van der Waals surface area contributed by atoms with Gasteiger partial charge in [-0.1, -0.05) is 11.6 Å². The zero-order valence-corrected chi connectivity index (χ0v) is 14.9. The minimum absolute atomic E-state index is 0.110. The third kappa shape index (κ3) is 3.96. The van der Waals surface area contributed by atoms with Gasteiger partial charge in [0.25, 0.3) is 0 Å². The van der Waals surface area contributed by atoms with E-state index in [0.717, 1.165) is 35.7 Å². The van der Waals surface area contributed by atoms with Gasteiger partial charge in [0, 0.05) is 35.1 Å². The fourth-order valence-corrected chi connectivity index (χ4v) is 3.38. The molecule has 0 unspecified atom stereocenters. The van der Waals surface area contributed by atoms with E-state index in [9.17, 15) is 4.79 Å². The van der Waals surface area contributed by atoms with E-state index >= 15 is 0 Å². The van der Waals surface area contributed by atoms with E-state index in [1.165, 1.54) is 0 Å². The van der Waals surface area contributed by atoms with Gasteiger partial charge >= 0.3 is 6.09 Å². The summed E-state index contributed by atoms with van der Waals surface area (Å²) in [6.07, 6.45) is 5.97. The molecule has 2 aromatic heterocycles. The Labute approximate surface area is 146 Å². The van der Waals surface area contributed by atoms with Crippen LogP contribution < -0.4 is 5.32 Å². The van der Waals surface area contributed by atoms with E-state index in [2.05, 4.69) is 15.3 Å². The minimum atomic E-state index is -0.483. The molecule has 1 N–H and O–H groups in total. The normalized spacial score (nSPS) is 21.0. The number of pyridine rings is 2. The summed E-state index contributed by atoms with van der Waals surface area (Å²) in [6.45, 7) is 5.59. The van der Waals surface area contributed by atoms with Crippen molar-refractivity contribution in [1.29, 1.82) is 0 Å². The predicted molar refractivity (Wildman–Crippen MR) is 94.3 cm³/mol. The van der Waals surface area contributed by atoms with Crippen molar-refractivity contribution in [2.75, 3.05) is 0 Å². The number of hydrogen-bond acceptors (Lipinski definition) is 4. The SMILES string of the molecule is CC(C)(C)OC(=O)N[C@@H]1CC[C@@H](c2nccc3cnc(Cl)cc23)C1. The summed E-state index contributed by atoms with van der Waals surface area (Å²) in [5, 5.41) is 5.51. The maximum Gasteiger partial charge on any atom is 0.407 e. The van der Waals surface area contributed by atoms with Gasteiger partial charge in [-0.15, -0.1) is 0 Å². The van der Waals surface area contributed by atoms with Gasteiger partial charge < -0.3 is 10.1 Å². The summed E-state index contributed by atoms with van der Waals surface area (Å²) in [5.41, 5.74) is 0.550. The zero-order valence-electron chi connectivity index (χ0n) is 14.2. The molecule has 0 spiro atoms. The van der Waals surface area contributed by atoms with Crippen molar-refractivity contribution in [3.8, 4) is 0 Å². The molecule has 3 rings (SSSR count). The van der Waals surface area contributed by atoms with Crippen LogP contribution in [0.25, 0.3) is 10.8 Å². The Morgan fingerprint density at radius 1 is 1.33 bits per heavy atom. The van der Waals surface area contributed by atoms with Crippen LogP contribution in [-0.4, -0.2) is 27.7 Å². The summed E-state index contributed by atoms with van der Waals surface area (Å²) < 4.78 is 5.34. The van der Waals surface area contributed by atoms with Crippen LogP contribution in [0.15, 0.2) is 24.5 Å². The molecule has 0 aliphatic heterocycles. The van der Waals surface area contributed by atoms with E-state index in [4.69, 9.17) is 16.3 Å². The van der Waals surface area contributed by atoms with Crippen molar-refractivity contribution in [3.63, 3.8) is 0 Å². The number of aromatic nitrogens is 2. The Hall–Kier alpha value is -1.88. The van der Waals surface area contributed by atoms with Crippen LogP contribution in [0.3, 0.4) is 0 Å². The molecule has 0 radical (unpaired) electrons. The molecule has 5 nitrogen and oxygen atoms in total. The number of halogens is 1. The molecule has 24 heavy (non-hydrogen) atoms. The van der Waals surface area contributed by atoms with Crippen LogP contribution in [-0.2, 0) is 4.74 Å². The Balaban J connectivity index is 1.72. The first kappa shape index (κ1) is 17.0. The summed E-state index contributed by atoms with van der Waals surface area (Å²) in [7, 11) is 0. The number of ether oxygens (including phenoxy) is 1. The van der Waals surface area contributed by atoms with Gasteiger partial charge in [-0.2, -0.15) is 0 Å². The molecule has 1 aliphatic rings. The molecule has 128 valence electrons. The lowest BCUT2D eigenvalue weighted by molar-refractivity contribution is 0.0505. The highest BCUT2D eigenvalue weighted by atomic mass is 35.5. The van der Waals surface area contributed by atoms with Crippen LogP contribution in [0.5, 0.6) is 0 Å². The van der Waals surface area contributed by atoms with E-state index < -0.39 is 5.60 Å². The summed E-state index contributed by atoms with van der Waals surface area (Å²) >= 11 is 6.04. The van der Waals surface area contributed by atoms with Gasteiger partial charge in [-0.25, -0.2) is 9.78 Å². The van der Waals surface area contributed by atoms with Crippen molar-refractivity contribution < 1.29 is 9.53 Å².